The molecule has 128 valence electrons. The molecule has 1 fully saturated rings. The van der Waals surface area contributed by atoms with E-state index in [0.717, 1.165) is 15.6 Å². The summed E-state index contributed by atoms with van der Waals surface area (Å²) in [5.41, 5.74) is 1.12. The van der Waals surface area contributed by atoms with Gasteiger partial charge in [-0.25, -0.2) is 4.98 Å². The van der Waals surface area contributed by atoms with Gasteiger partial charge in [0.05, 0.1) is 29.0 Å². The molecule has 0 radical (unpaired) electrons. The maximum Gasteiger partial charge on any atom is 0.227 e. The number of thiazole rings is 1. The van der Waals surface area contributed by atoms with Crippen molar-refractivity contribution in [2.24, 2.45) is 5.92 Å². The Morgan fingerprint density at radius 1 is 1.46 bits per heavy atom. The first-order chi connectivity index (χ1) is 11.3. The molecule has 0 bridgehead atoms. The summed E-state index contributed by atoms with van der Waals surface area (Å²) in [6.45, 7) is 8.23. The maximum atomic E-state index is 12.7. The van der Waals surface area contributed by atoms with E-state index in [2.05, 4.69) is 20.5 Å². The lowest BCUT2D eigenvalue weighted by molar-refractivity contribution is -0.127. The Kier molecular flexibility index (Phi) is 4.16. The van der Waals surface area contributed by atoms with E-state index >= 15 is 0 Å². The van der Waals surface area contributed by atoms with Crippen molar-refractivity contribution in [3.63, 3.8) is 0 Å². The summed E-state index contributed by atoms with van der Waals surface area (Å²) in [7, 11) is 0. The molecule has 0 aliphatic carbocycles. The summed E-state index contributed by atoms with van der Waals surface area (Å²) in [6, 6.07) is 0. The normalized spacial score (nSPS) is 18.2. The van der Waals surface area contributed by atoms with Crippen molar-refractivity contribution in [2.75, 3.05) is 11.4 Å². The van der Waals surface area contributed by atoms with E-state index in [4.69, 9.17) is 0 Å². The third kappa shape index (κ3) is 3.06. The van der Waals surface area contributed by atoms with Crippen molar-refractivity contribution in [1.82, 2.24) is 20.5 Å². The highest BCUT2D eigenvalue weighted by Crippen LogP contribution is 2.29. The molecule has 3 rings (SSSR count). The lowest BCUT2D eigenvalue weighted by atomic mass is 10.0. The number of hydrogen-bond acceptors (Lipinski definition) is 5. The predicted molar refractivity (Wildman–Crippen MR) is 91.8 cm³/mol. The first-order valence-corrected chi connectivity index (χ1v) is 8.65. The first-order valence-electron chi connectivity index (χ1n) is 7.83. The van der Waals surface area contributed by atoms with Crippen LogP contribution in [0.2, 0.25) is 0 Å². The van der Waals surface area contributed by atoms with Crippen molar-refractivity contribution < 1.29 is 9.59 Å². The number of carbonyl (C=O) groups excluding carboxylic acids is 2. The molecule has 2 aromatic heterocycles. The minimum absolute atomic E-state index is 0.0599. The molecule has 0 spiro atoms. The van der Waals surface area contributed by atoms with Gasteiger partial charge in [-0.1, -0.05) is 0 Å². The van der Waals surface area contributed by atoms with Gasteiger partial charge >= 0.3 is 0 Å². The molecule has 3 heterocycles. The SMILES string of the molecule is Cc1nc(C(C)(C)NC(=O)[C@H]2CC(=O)N(c3cn[nH]c3)C2)sc1C. The summed E-state index contributed by atoms with van der Waals surface area (Å²) in [4.78, 5) is 32.1. The molecular formula is C16H21N5O2S. The van der Waals surface area contributed by atoms with Crippen molar-refractivity contribution in [3.8, 4) is 0 Å². The average Bonchev–Trinajstić information content (AvgIpc) is 3.20. The van der Waals surface area contributed by atoms with Crippen molar-refractivity contribution >= 4 is 28.8 Å². The van der Waals surface area contributed by atoms with E-state index in [9.17, 15) is 9.59 Å². The highest BCUT2D eigenvalue weighted by Gasteiger charge is 2.38. The van der Waals surface area contributed by atoms with Crippen LogP contribution < -0.4 is 10.2 Å². The zero-order valence-electron chi connectivity index (χ0n) is 14.2. The van der Waals surface area contributed by atoms with Crippen molar-refractivity contribution in [1.29, 1.82) is 0 Å². The molecule has 1 saturated heterocycles. The standard InChI is InChI=1S/C16H21N5O2S/c1-9-10(2)24-15(19-9)16(3,4)20-14(23)11-5-13(22)21(8-11)12-6-17-18-7-12/h6-7,11H,5,8H2,1-4H3,(H,17,18)(H,20,23)/t11-/m0/s1. The summed E-state index contributed by atoms with van der Waals surface area (Å²) in [5, 5.41) is 10.5. The molecule has 8 heteroatoms. The van der Waals surface area contributed by atoms with E-state index < -0.39 is 5.54 Å². The van der Waals surface area contributed by atoms with E-state index in [-0.39, 0.29) is 24.2 Å². The number of aromatic amines is 1. The number of nitrogens with zero attached hydrogens (tertiary/aromatic N) is 3. The molecule has 24 heavy (non-hydrogen) atoms. The number of amides is 2. The number of nitrogens with one attached hydrogen (secondary N) is 2. The van der Waals surface area contributed by atoms with Crippen molar-refractivity contribution in [2.45, 2.75) is 39.7 Å². The number of hydrogen-bond donors (Lipinski definition) is 2. The van der Waals surface area contributed by atoms with E-state index in [1.807, 2.05) is 27.7 Å². The molecule has 0 saturated carbocycles. The largest absolute Gasteiger partial charge is 0.344 e. The van der Waals surface area contributed by atoms with Gasteiger partial charge in [-0.3, -0.25) is 14.7 Å². The number of carbonyl (C=O) groups is 2. The fourth-order valence-corrected chi connectivity index (χ4v) is 3.70. The average molecular weight is 347 g/mol. The lowest BCUT2D eigenvalue weighted by Crippen LogP contribution is -2.44. The van der Waals surface area contributed by atoms with Crippen LogP contribution in [0.25, 0.3) is 0 Å². The Morgan fingerprint density at radius 3 is 2.79 bits per heavy atom. The van der Waals surface area contributed by atoms with Gasteiger partial charge in [0.1, 0.15) is 5.01 Å². The zero-order valence-corrected chi connectivity index (χ0v) is 15.0. The van der Waals surface area contributed by atoms with Crippen LogP contribution in [0.4, 0.5) is 5.69 Å². The van der Waals surface area contributed by atoms with Gasteiger partial charge in [0, 0.05) is 24.0 Å². The molecule has 1 atom stereocenters. The van der Waals surface area contributed by atoms with E-state index in [1.54, 1.807) is 28.6 Å². The Balaban J connectivity index is 1.70. The molecule has 2 aromatic rings. The summed E-state index contributed by atoms with van der Waals surface area (Å²) < 4.78 is 0. The Labute approximate surface area is 144 Å². The van der Waals surface area contributed by atoms with E-state index in [0.29, 0.717) is 12.2 Å². The van der Waals surface area contributed by atoms with Gasteiger partial charge in [-0.15, -0.1) is 11.3 Å². The summed E-state index contributed by atoms with van der Waals surface area (Å²) in [5.74, 6) is -0.547. The van der Waals surface area contributed by atoms with Crippen LogP contribution in [0.3, 0.4) is 0 Å². The Hall–Kier alpha value is -2.22. The number of rotatable bonds is 4. The van der Waals surface area contributed by atoms with Crippen LogP contribution in [0.1, 0.15) is 35.8 Å². The van der Waals surface area contributed by atoms with Gasteiger partial charge in [0.15, 0.2) is 0 Å². The first kappa shape index (κ1) is 16.6. The molecule has 1 aliphatic heterocycles. The molecule has 0 aromatic carbocycles. The third-order valence-electron chi connectivity index (χ3n) is 4.29. The zero-order chi connectivity index (χ0) is 17.5. The fraction of sp³-hybridized carbons (Fsp3) is 0.500. The minimum atomic E-state index is -0.563. The minimum Gasteiger partial charge on any atom is -0.344 e. The van der Waals surface area contributed by atoms with Gasteiger partial charge in [0.25, 0.3) is 0 Å². The van der Waals surface area contributed by atoms with Crippen LogP contribution in [0.5, 0.6) is 0 Å². The Morgan fingerprint density at radius 2 is 2.21 bits per heavy atom. The molecule has 7 nitrogen and oxygen atoms in total. The van der Waals surface area contributed by atoms with Crippen LogP contribution in [-0.4, -0.2) is 33.5 Å². The monoisotopic (exact) mass is 347 g/mol. The van der Waals surface area contributed by atoms with Gasteiger partial charge in [0.2, 0.25) is 11.8 Å². The van der Waals surface area contributed by atoms with E-state index in [1.165, 1.54) is 0 Å². The number of H-pyrrole nitrogens is 1. The smallest absolute Gasteiger partial charge is 0.227 e. The highest BCUT2D eigenvalue weighted by atomic mass is 32.1. The number of aryl methyl sites for hydroxylation is 2. The third-order valence-corrected chi connectivity index (χ3v) is 5.69. The molecule has 0 unspecified atom stereocenters. The highest BCUT2D eigenvalue weighted by molar-refractivity contribution is 7.11. The summed E-state index contributed by atoms with van der Waals surface area (Å²) in [6.07, 6.45) is 3.45. The quantitative estimate of drug-likeness (QED) is 0.883. The van der Waals surface area contributed by atoms with Crippen LogP contribution in [0.15, 0.2) is 12.4 Å². The van der Waals surface area contributed by atoms with Crippen LogP contribution in [-0.2, 0) is 15.1 Å². The lowest BCUT2D eigenvalue weighted by Gasteiger charge is -2.25. The fourth-order valence-electron chi connectivity index (χ4n) is 2.73. The predicted octanol–water partition coefficient (Wildman–Crippen LogP) is 1.89. The topological polar surface area (TPSA) is 91.0 Å². The van der Waals surface area contributed by atoms with Gasteiger partial charge in [-0.2, -0.15) is 5.10 Å². The maximum absolute atomic E-state index is 12.7. The Bertz CT molecular complexity index is 746. The second-order valence-corrected chi connectivity index (χ2v) is 7.84. The van der Waals surface area contributed by atoms with Crippen molar-refractivity contribution in [3.05, 3.63) is 28.0 Å². The van der Waals surface area contributed by atoms with Crippen LogP contribution >= 0.6 is 11.3 Å². The van der Waals surface area contributed by atoms with Crippen LogP contribution in [0, 0.1) is 19.8 Å². The number of anilines is 1. The molecular weight excluding hydrogens is 326 g/mol. The second kappa shape index (κ2) is 6.01. The molecule has 2 amide bonds. The molecule has 1 aliphatic rings. The molecule has 2 N–H and O–H groups in total. The number of aromatic nitrogens is 3. The van der Waals surface area contributed by atoms with Gasteiger partial charge < -0.3 is 10.2 Å². The second-order valence-electron chi connectivity index (χ2n) is 6.64. The summed E-state index contributed by atoms with van der Waals surface area (Å²) >= 11 is 1.59. The van der Waals surface area contributed by atoms with Gasteiger partial charge in [-0.05, 0) is 27.7 Å².